The first kappa shape index (κ1) is 24.0. The fourth-order valence-electron chi connectivity index (χ4n) is 2.86. The van der Waals surface area contributed by atoms with Gasteiger partial charge in [-0.1, -0.05) is 0 Å². The van der Waals surface area contributed by atoms with Crippen LogP contribution >= 0.6 is 39.9 Å². The van der Waals surface area contributed by atoms with Crippen LogP contribution in [-0.2, 0) is 20.6 Å². The number of likely N-dealkylation sites (N-methyl/N-ethyl adjacent to an activating group) is 1. The number of hydrogen-bond donors (Lipinski definition) is 1. The van der Waals surface area contributed by atoms with Gasteiger partial charge in [-0.2, -0.15) is 5.10 Å². The van der Waals surface area contributed by atoms with Crippen LogP contribution in [0, 0.1) is 0 Å². The Labute approximate surface area is 188 Å². The Morgan fingerprint density at radius 1 is 1.30 bits per heavy atom. The summed E-state index contributed by atoms with van der Waals surface area (Å²) in [5, 5.41) is 7.69. The highest BCUT2D eigenvalue weighted by Gasteiger charge is 2.17. The Hall–Kier alpha value is -1.07. The van der Waals surface area contributed by atoms with Gasteiger partial charge in [0.25, 0.3) is 0 Å². The second-order valence-electron chi connectivity index (χ2n) is 6.74. The van der Waals surface area contributed by atoms with Crippen LogP contribution in [0.4, 0.5) is 0 Å². The molecule has 2 aromatic heterocycles. The molecule has 0 amide bonds. The van der Waals surface area contributed by atoms with E-state index in [0.717, 1.165) is 23.5 Å². The molecule has 1 N–H and O–H groups in total. The molecule has 1 atom stereocenters. The van der Waals surface area contributed by atoms with Crippen LogP contribution in [0.1, 0.15) is 24.2 Å². The van der Waals surface area contributed by atoms with E-state index in [1.165, 1.54) is 11.3 Å². The Balaban J connectivity index is 0.00000364. The summed E-state index contributed by atoms with van der Waals surface area (Å²) in [6.45, 7) is 4.38. The molecule has 0 aromatic carbocycles. The Morgan fingerprint density at radius 3 is 2.48 bits per heavy atom. The van der Waals surface area contributed by atoms with E-state index < -0.39 is 0 Å². The molecule has 0 fully saturated rings. The summed E-state index contributed by atoms with van der Waals surface area (Å²) in [6.07, 6.45) is 6.04. The predicted octanol–water partition coefficient (Wildman–Crippen LogP) is 2.84. The summed E-state index contributed by atoms with van der Waals surface area (Å²) in [5.41, 5.74) is 2.40. The number of nitrogens with zero attached hydrogens (tertiary/aromatic N) is 6. The summed E-state index contributed by atoms with van der Waals surface area (Å²) in [5.74, 6) is 0.903. The molecule has 152 valence electrons. The van der Waals surface area contributed by atoms with Crippen LogP contribution in [0.25, 0.3) is 0 Å². The van der Waals surface area contributed by atoms with Gasteiger partial charge in [0.2, 0.25) is 0 Å². The highest BCUT2D eigenvalue weighted by atomic mass is 127. The average Bonchev–Trinajstić information content (AvgIpc) is 3.11. The van der Waals surface area contributed by atoms with E-state index in [0.29, 0.717) is 6.54 Å². The summed E-state index contributed by atoms with van der Waals surface area (Å²) >= 11 is 3.54. The van der Waals surface area contributed by atoms with Gasteiger partial charge < -0.3 is 19.7 Å². The first-order chi connectivity index (χ1) is 12.3. The van der Waals surface area contributed by atoms with Crippen molar-refractivity contribution in [3.8, 4) is 0 Å². The van der Waals surface area contributed by atoms with Crippen LogP contribution in [-0.4, -0.2) is 64.3 Å². The predicted molar refractivity (Wildman–Crippen MR) is 126 cm³/mol. The molecule has 0 aliphatic carbocycles. The van der Waals surface area contributed by atoms with Gasteiger partial charge in [-0.3, -0.25) is 9.67 Å². The Bertz CT molecular complexity index is 738. The van der Waals surface area contributed by atoms with E-state index in [2.05, 4.69) is 94.3 Å². The van der Waals surface area contributed by atoms with Crippen LogP contribution in [0.5, 0.6) is 0 Å². The topological polar surface area (TPSA) is 53.6 Å². The zero-order valence-electron chi connectivity index (χ0n) is 17.0. The third-order valence-electron chi connectivity index (χ3n) is 4.32. The molecule has 2 heterocycles. The fraction of sp³-hybridized carbons (Fsp3) is 0.556. The molecular formula is C18H31BrIN7. The number of aryl methyl sites for hydroxylation is 2. The number of halogens is 2. The van der Waals surface area contributed by atoms with Gasteiger partial charge in [-0.15, -0.1) is 24.0 Å². The lowest BCUT2D eigenvalue weighted by molar-refractivity contribution is 0.305. The lowest BCUT2D eigenvalue weighted by Crippen LogP contribution is -2.39. The molecule has 9 heteroatoms. The number of hydrogen-bond acceptors (Lipinski definition) is 3. The van der Waals surface area contributed by atoms with Gasteiger partial charge in [0.15, 0.2) is 5.96 Å². The maximum atomic E-state index is 4.89. The SMILES string of the molecule is CCNC(=NCC(c1cnn(C)c1)N(C)C)N(C)Cc1cc(Br)cn1C.I. The third kappa shape index (κ3) is 6.79. The average molecular weight is 552 g/mol. The fourth-order valence-corrected chi connectivity index (χ4v) is 3.43. The summed E-state index contributed by atoms with van der Waals surface area (Å²) in [6, 6.07) is 2.33. The number of nitrogens with one attached hydrogen (secondary N) is 1. The quantitative estimate of drug-likeness (QED) is 0.327. The van der Waals surface area contributed by atoms with Gasteiger partial charge >= 0.3 is 0 Å². The normalized spacial score (nSPS) is 12.8. The highest BCUT2D eigenvalue weighted by molar-refractivity contribution is 14.0. The van der Waals surface area contributed by atoms with E-state index >= 15 is 0 Å². The van der Waals surface area contributed by atoms with Crippen molar-refractivity contribution in [2.45, 2.75) is 19.5 Å². The Morgan fingerprint density at radius 2 is 2.00 bits per heavy atom. The van der Waals surface area contributed by atoms with Crippen LogP contribution in [0.15, 0.2) is 34.1 Å². The van der Waals surface area contributed by atoms with Crippen molar-refractivity contribution in [3.05, 3.63) is 40.4 Å². The third-order valence-corrected chi connectivity index (χ3v) is 4.75. The largest absolute Gasteiger partial charge is 0.357 e. The molecule has 0 saturated heterocycles. The van der Waals surface area contributed by atoms with E-state index in [9.17, 15) is 0 Å². The van der Waals surface area contributed by atoms with Crippen LogP contribution < -0.4 is 5.32 Å². The van der Waals surface area contributed by atoms with Gasteiger partial charge in [-0.05, 0) is 43.0 Å². The highest BCUT2D eigenvalue weighted by Crippen LogP contribution is 2.18. The van der Waals surface area contributed by atoms with Gasteiger partial charge in [0.1, 0.15) is 0 Å². The molecule has 7 nitrogen and oxygen atoms in total. The van der Waals surface area contributed by atoms with E-state index in [1.54, 1.807) is 0 Å². The molecule has 27 heavy (non-hydrogen) atoms. The summed E-state index contributed by atoms with van der Waals surface area (Å²) < 4.78 is 5.05. The molecule has 0 saturated carbocycles. The van der Waals surface area contributed by atoms with Gasteiger partial charge in [-0.25, -0.2) is 0 Å². The molecule has 1 unspecified atom stereocenters. The van der Waals surface area contributed by atoms with Crippen molar-refractivity contribution >= 4 is 45.9 Å². The maximum Gasteiger partial charge on any atom is 0.194 e. The van der Waals surface area contributed by atoms with Gasteiger partial charge in [0, 0.05) is 55.8 Å². The Kier molecular flexibility index (Phi) is 9.82. The van der Waals surface area contributed by atoms with Crippen molar-refractivity contribution in [3.63, 3.8) is 0 Å². The molecule has 0 radical (unpaired) electrons. The van der Waals surface area contributed by atoms with Crippen molar-refractivity contribution < 1.29 is 0 Å². The summed E-state index contributed by atoms with van der Waals surface area (Å²) in [4.78, 5) is 9.22. The molecular weight excluding hydrogens is 521 g/mol. The summed E-state index contributed by atoms with van der Waals surface area (Å²) in [7, 11) is 10.2. The number of aromatic nitrogens is 3. The minimum atomic E-state index is 0. The molecule has 0 bridgehead atoms. The second-order valence-corrected chi connectivity index (χ2v) is 7.65. The number of guanidine groups is 1. The minimum Gasteiger partial charge on any atom is -0.357 e. The first-order valence-electron chi connectivity index (χ1n) is 8.77. The van der Waals surface area contributed by atoms with Crippen molar-refractivity contribution in [2.75, 3.05) is 34.2 Å². The van der Waals surface area contributed by atoms with Crippen LogP contribution in [0.3, 0.4) is 0 Å². The standard InChI is InChI=1S/C18H30BrN7.HI/c1-7-20-18(25(5)13-16-8-15(19)12-24(16)4)21-10-17(23(2)3)14-9-22-26(6)11-14;/h8-9,11-12,17H,7,10,13H2,1-6H3,(H,20,21);1H. The van der Waals surface area contributed by atoms with Crippen LogP contribution in [0.2, 0.25) is 0 Å². The molecule has 2 rings (SSSR count). The van der Waals surface area contributed by atoms with E-state index in [1.807, 2.05) is 17.9 Å². The van der Waals surface area contributed by atoms with Crippen molar-refractivity contribution in [1.82, 2.24) is 29.5 Å². The van der Waals surface area contributed by atoms with Crippen molar-refractivity contribution in [1.29, 1.82) is 0 Å². The minimum absolute atomic E-state index is 0. The molecule has 0 spiro atoms. The zero-order chi connectivity index (χ0) is 19.3. The maximum absolute atomic E-state index is 4.89. The monoisotopic (exact) mass is 551 g/mol. The smallest absolute Gasteiger partial charge is 0.194 e. The molecule has 0 aliphatic rings. The van der Waals surface area contributed by atoms with Crippen molar-refractivity contribution in [2.24, 2.45) is 19.1 Å². The molecule has 0 aliphatic heterocycles. The second kappa shape index (κ2) is 11.1. The number of aliphatic imine (C=N–C) groups is 1. The van der Waals surface area contributed by atoms with Gasteiger partial charge in [0.05, 0.1) is 25.3 Å². The lowest BCUT2D eigenvalue weighted by Gasteiger charge is -2.25. The molecule has 2 aromatic rings. The first-order valence-corrected chi connectivity index (χ1v) is 9.56. The lowest BCUT2D eigenvalue weighted by atomic mass is 10.1. The van der Waals surface area contributed by atoms with E-state index in [4.69, 9.17) is 4.99 Å². The van der Waals surface area contributed by atoms with E-state index in [-0.39, 0.29) is 30.0 Å². The zero-order valence-corrected chi connectivity index (χ0v) is 20.9. The number of rotatable bonds is 7.